The Kier molecular flexibility index (Phi) is 5.57. The monoisotopic (exact) mass is 316 g/mol. The van der Waals surface area contributed by atoms with Gasteiger partial charge in [0.1, 0.15) is 24.4 Å². The third kappa shape index (κ3) is 3.67. The van der Waals surface area contributed by atoms with Gasteiger partial charge in [-0.15, -0.1) is 0 Å². The van der Waals surface area contributed by atoms with Crippen LogP contribution in [0.15, 0.2) is 18.2 Å². The zero-order valence-electron chi connectivity index (χ0n) is 11.7. The predicted molar refractivity (Wildman–Crippen MR) is 73.2 cm³/mol. The van der Waals surface area contributed by atoms with E-state index in [1.165, 1.54) is 12.1 Å². The highest BCUT2D eigenvalue weighted by atomic mass is 16.7. The molecule has 0 unspecified atom stereocenters. The van der Waals surface area contributed by atoms with E-state index in [-0.39, 0.29) is 18.1 Å². The summed E-state index contributed by atoms with van der Waals surface area (Å²) < 4.78 is 10.5. The topological polar surface area (TPSA) is 140 Å². The summed E-state index contributed by atoms with van der Waals surface area (Å²) in [5, 5.41) is 56.7. The normalized spacial score (nSPS) is 32.1. The Hall–Kier alpha value is -1.42. The average molecular weight is 316 g/mol. The molecule has 1 aromatic rings. The van der Waals surface area contributed by atoms with Crippen LogP contribution in [0.5, 0.6) is 11.5 Å². The van der Waals surface area contributed by atoms with Gasteiger partial charge in [-0.1, -0.05) is 6.07 Å². The molecule has 0 aliphatic carbocycles. The lowest BCUT2D eigenvalue weighted by Crippen LogP contribution is -2.59. The summed E-state index contributed by atoms with van der Waals surface area (Å²) in [7, 11) is 0. The highest BCUT2D eigenvalue weighted by Crippen LogP contribution is 2.25. The Balaban J connectivity index is 1.88. The van der Waals surface area contributed by atoms with E-state index in [0.717, 1.165) is 0 Å². The Bertz CT molecular complexity index is 492. The molecule has 8 nitrogen and oxygen atoms in total. The lowest BCUT2D eigenvalue weighted by molar-refractivity contribution is -0.300. The zero-order chi connectivity index (χ0) is 16.3. The molecule has 1 aromatic carbocycles. The maximum Gasteiger partial charge on any atom is 0.186 e. The van der Waals surface area contributed by atoms with E-state index in [9.17, 15) is 25.5 Å². The first kappa shape index (κ1) is 16.9. The number of benzene rings is 1. The first-order valence-electron chi connectivity index (χ1n) is 6.87. The van der Waals surface area contributed by atoms with Gasteiger partial charge in [0.25, 0.3) is 0 Å². The van der Waals surface area contributed by atoms with Gasteiger partial charge in [0.2, 0.25) is 0 Å². The van der Waals surface area contributed by atoms with Crippen molar-refractivity contribution in [2.24, 2.45) is 0 Å². The van der Waals surface area contributed by atoms with Gasteiger partial charge in [0.15, 0.2) is 17.8 Å². The molecule has 1 heterocycles. The van der Waals surface area contributed by atoms with Crippen LogP contribution in [0.3, 0.4) is 0 Å². The minimum absolute atomic E-state index is 0.104. The number of hydrogen-bond acceptors (Lipinski definition) is 8. The molecule has 5 atom stereocenters. The Labute approximate surface area is 126 Å². The minimum Gasteiger partial charge on any atom is -0.504 e. The lowest BCUT2D eigenvalue weighted by Gasteiger charge is -2.39. The van der Waals surface area contributed by atoms with Crippen molar-refractivity contribution < 1.29 is 40.1 Å². The van der Waals surface area contributed by atoms with E-state index in [2.05, 4.69) is 0 Å². The maximum absolute atomic E-state index is 9.78. The molecule has 2 rings (SSSR count). The van der Waals surface area contributed by atoms with Crippen molar-refractivity contribution in [1.82, 2.24) is 0 Å². The first-order chi connectivity index (χ1) is 10.4. The van der Waals surface area contributed by atoms with E-state index in [4.69, 9.17) is 14.6 Å². The van der Waals surface area contributed by atoms with Crippen LogP contribution in [0, 0.1) is 0 Å². The predicted octanol–water partition coefficient (Wildman–Crippen LogP) is -1.54. The molecule has 8 heteroatoms. The molecule has 0 radical (unpaired) electrons. The molecule has 0 spiro atoms. The molecule has 1 aliphatic heterocycles. The van der Waals surface area contributed by atoms with Crippen LogP contribution < -0.4 is 0 Å². The second kappa shape index (κ2) is 7.23. The fourth-order valence-corrected chi connectivity index (χ4v) is 2.22. The first-order valence-corrected chi connectivity index (χ1v) is 6.87. The summed E-state index contributed by atoms with van der Waals surface area (Å²) in [6, 6.07) is 4.33. The van der Waals surface area contributed by atoms with Crippen LogP contribution >= 0.6 is 0 Å². The van der Waals surface area contributed by atoms with E-state index in [1.54, 1.807) is 6.07 Å². The number of aromatic hydroxyl groups is 2. The van der Waals surface area contributed by atoms with Crippen molar-refractivity contribution in [2.75, 3.05) is 13.2 Å². The van der Waals surface area contributed by atoms with Crippen molar-refractivity contribution in [3.63, 3.8) is 0 Å². The third-order valence-corrected chi connectivity index (χ3v) is 3.56. The molecule has 0 aromatic heterocycles. The van der Waals surface area contributed by atoms with Gasteiger partial charge in [-0.2, -0.15) is 0 Å². The summed E-state index contributed by atoms with van der Waals surface area (Å²) >= 11 is 0. The maximum atomic E-state index is 9.78. The quantitative estimate of drug-likeness (QED) is 0.359. The van der Waals surface area contributed by atoms with Crippen molar-refractivity contribution in [3.8, 4) is 11.5 Å². The van der Waals surface area contributed by atoms with Crippen molar-refractivity contribution in [3.05, 3.63) is 23.8 Å². The van der Waals surface area contributed by atoms with Crippen LogP contribution in [0.4, 0.5) is 0 Å². The molecule has 0 saturated carbocycles. The number of phenolic OH excluding ortho intramolecular Hbond substituents is 2. The van der Waals surface area contributed by atoms with Crippen LogP contribution in [-0.2, 0) is 15.9 Å². The van der Waals surface area contributed by atoms with Gasteiger partial charge in [-0.25, -0.2) is 0 Å². The molecule has 1 saturated heterocycles. The second-order valence-electron chi connectivity index (χ2n) is 5.14. The Morgan fingerprint density at radius 3 is 2.36 bits per heavy atom. The number of rotatable bonds is 5. The number of hydrogen-bond donors (Lipinski definition) is 6. The van der Waals surface area contributed by atoms with Gasteiger partial charge < -0.3 is 40.1 Å². The highest BCUT2D eigenvalue weighted by molar-refractivity contribution is 5.40. The molecule has 0 bridgehead atoms. The zero-order valence-corrected chi connectivity index (χ0v) is 11.7. The molecule has 1 fully saturated rings. The van der Waals surface area contributed by atoms with Crippen LogP contribution in [0.2, 0.25) is 0 Å². The Morgan fingerprint density at radius 1 is 1.00 bits per heavy atom. The van der Waals surface area contributed by atoms with E-state index in [0.29, 0.717) is 12.0 Å². The fraction of sp³-hybridized carbons (Fsp3) is 0.571. The number of phenols is 2. The summed E-state index contributed by atoms with van der Waals surface area (Å²) in [5.74, 6) is -0.469. The summed E-state index contributed by atoms with van der Waals surface area (Å²) in [4.78, 5) is 0. The number of ether oxygens (including phenoxy) is 2. The van der Waals surface area contributed by atoms with Gasteiger partial charge in [-0.05, 0) is 24.1 Å². The van der Waals surface area contributed by atoms with Gasteiger partial charge in [0.05, 0.1) is 13.2 Å². The van der Waals surface area contributed by atoms with E-state index >= 15 is 0 Å². The van der Waals surface area contributed by atoms with Crippen molar-refractivity contribution in [2.45, 2.75) is 37.1 Å². The Morgan fingerprint density at radius 2 is 1.73 bits per heavy atom. The van der Waals surface area contributed by atoms with E-state index < -0.39 is 37.3 Å². The van der Waals surface area contributed by atoms with E-state index in [1.807, 2.05) is 0 Å². The summed E-state index contributed by atoms with van der Waals surface area (Å²) in [6.07, 6.45) is -6.17. The molecule has 1 aliphatic rings. The van der Waals surface area contributed by atoms with Crippen LogP contribution in [-0.4, -0.2) is 74.6 Å². The third-order valence-electron chi connectivity index (χ3n) is 3.56. The molecule has 124 valence electrons. The van der Waals surface area contributed by atoms with Crippen LogP contribution in [0.1, 0.15) is 5.56 Å². The molecular formula is C14H20O8. The summed E-state index contributed by atoms with van der Waals surface area (Å²) in [6.45, 7) is -0.413. The second-order valence-corrected chi connectivity index (χ2v) is 5.14. The van der Waals surface area contributed by atoms with Gasteiger partial charge >= 0.3 is 0 Å². The van der Waals surface area contributed by atoms with Crippen molar-refractivity contribution in [1.29, 1.82) is 0 Å². The molecular weight excluding hydrogens is 296 g/mol. The number of aliphatic hydroxyl groups excluding tert-OH is 4. The largest absolute Gasteiger partial charge is 0.504 e. The highest BCUT2D eigenvalue weighted by Gasteiger charge is 2.43. The van der Waals surface area contributed by atoms with Crippen molar-refractivity contribution >= 4 is 0 Å². The van der Waals surface area contributed by atoms with Gasteiger partial charge in [0, 0.05) is 0 Å². The molecule has 6 N–H and O–H groups in total. The SMILES string of the molecule is OC[C@@H]1O[C@@H](OCCc2ccc(O)c(O)c2)[C@@H](O)[C@H](O)[C@@H]1O. The molecule has 0 amide bonds. The smallest absolute Gasteiger partial charge is 0.186 e. The average Bonchev–Trinajstić information content (AvgIpc) is 2.51. The lowest BCUT2D eigenvalue weighted by atomic mass is 9.99. The fourth-order valence-electron chi connectivity index (χ4n) is 2.22. The standard InChI is InChI=1S/C14H20O8/c15-6-10-11(18)12(19)13(20)14(22-10)21-4-3-7-1-2-8(16)9(17)5-7/h1-2,5,10-20H,3-4,6H2/t10-,11+,12+,13-,14+/m0/s1. The summed E-state index contributed by atoms with van der Waals surface area (Å²) in [5.41, 5.74) is 0.694. The minimum atomic E-state index is -1.48. The number of aliphatic hydroxyl groups is 4. The van der Waals surface area contributed by atoms with Crippen LogP contribution in [0.25, 0.3) is 0 Å². The van der Waals surface area contributed by atoms with Gasteiger partial charge in [-0.3, -0.25) is 0 Å². The molecule has 22 heavy (non-hydrogen) atoms.